The smallest absolute Gasteiger partial charge is 0.413 e. The number of alkyl carbamates (subject to hydrolysis) is 1. The van der Waals surface area contributed by atoms with Crippen molar-refractivity contribution in [2.24, 2.45) is 4.99 Å². The average Bonchev–Trinajstić information content (AvgIpc) is 2.72. The van der Waals surface area contributed by atoms with Gasteiger partial charge in [0.15, 0.2) is 0 Å². The van der Waals surface area contributed by atoms with Crippen molar-refractivity contribution in [1.29, 1.82) is 0 Å². The summed E-state index contributed by atoms with van der Waals surface area (Å²) in [6.07, 6.45) is -0.496. The largest absolute Gasteiger partial charge is 0.453 e. The number of ether oxygens (including phenoxy) is 1. The second-order valence-corrected chi connectivity index (χ2v) is 5.09. The highest BCUT2D eigenvalue weighted by molar-refractivity contribution is 14.1. The third kappa shape index (κ3) is 2.58. The fourth-order valence-corrected chi connectivity index (χ4v) is 2.62. The van der Waals surface area contributed by atoms with Gasteiger partial charge in [-0.05, 0) is 34.2 Å². The molecule has 5 nitrogen and oxygen atoms in total. The molecular weight excluding hydrogens is 345 g/mol. The van der Waals surface area contributed by atoms with Gasteiger partial charge in [0.05, 0.1) is 19.7 Å². The molecule has 1 aliphatic heterocycles. The van der Waals surface area contributed by atoms with E-state index < -0.39 is 6.09 Å². The Bertz CT molecular complexity index is 490. The number of carbonyl (C=O) groups is 1. The van der Waals surface area contributed by atoms with Gasteiger partial charge < -0.3 is 9.64 Å². The van der Waals surface area contributed by atoms with Crippen LogP contribution in [0.15, 0.2) is 29.3 Å². The predicted octanol–water partition coefficient (Wildman–Crippen LogP) is 1.99. The minimum Gasteiger partial charge on any atom is -0.453 e. The minimum absolute atomic E-state index is 0.158. The van der Waals surface area contributed by atoms with Crippen molar-refractivity contribution in [2.75, 3.05) is 20.7 Å². The van der Waals surface area contributed by atoms with Crippen LogP contribution in [0.3, 0.4) is 0 Å². The van der Waals surface area contributed by atoms with Crippen molar-refractivity contribution in [3.05, 3.63) is 33.4 Å². The van der Waals surface area contributed by atoms with Crippen LogP contribution < -0.4 is 5.32 Å². The van der Waals surface area contributed by atoms with E-state index in [2.05, 4.69) is 49.8 Å². The topological polar surface area (TPSA) is 53.9 Å². The quantitative estimate of drug-likeness (QED) is 0.781. The zero-order valence-electron chi connectivity index (χ0n) is 10.2. The van der Waals surface area contributed by atoms with Crippen LogP contribution in [0.2, 0.25) is 0 Å². The number of amides is 1. The number of methoxy groups -OCH3 is 1. The van der Waals surface area contributed by atoms with Gasteiger partial charge in [-0.2, -0.15) is 0 Å². The molecule has 0 spiro atoms. The number of guanidine groups is 1. The molecular formula is C12H14IN3O2. The lowest BCUT2D eigenvalue weighted by Crippen LogP contribution is -2.40. The molecule has 96 valence electrons. The van der Waals surface area contributed by atoms with Crippen molar-refractivity contribution < 1.29 is 9.53 Å². The lowest BCUT2D eigenvalue weighted by atomic mass is 10.1. The summed E-state index contributed by atoms with van der Waals surface area (Å²) in [5.41, 5.74) is 1.21. The number of nitrogens with zero attached hydrogens (tertiary/aromatic N) is 2. The Labute approximate surface area is 119 Å². The summed E-state index contributed by atoms with van der Waals surface area (Å²) in [6.45, 7) is 0.635. The minimum atomic E-state index is -0.496. The van der Waals surface area contributed by atoms with Crippen molar-refractivity contribution in [3.8, 4) is 0 Å². The maximum Gasteiger partial charge on any atom is 0.413 e. The average molecular weight is 359 g/mol. The van der Waals surface area contributed by atoms with Crippen LogP contribution >= 0.6 is 22.6 Å². The number of rotatable bonds is 1. The fourth-order valence-electron chi connectivity index (χ4n) is 1.88. The highest BCUT2D eigenvalue weighted by Crippen LogP contribution is 2.27. The van der Waals surface area contributed by atoms with E-state index in [1.807, 2.05) is 24.1 Å². The molecule has 0 aliphatic carbocycles. The Morgan fingerprint density at radius 1 is 1.56 bits per heavy atom. The lowest BCUT2D eigenvalue weighted by molar-refractivity contribution is 0.175. The normalized spacial score (nSPS) is 18.5. The van der Waals surface area contributed by atoms with Crippen LogP contribution in [-0.4, -0.2) is 37.7 Å². The molecule has 1 heterocycles. The molecule has 1 N–H and O–H groups in total. The Kier molecular flexibility index (Phi) is 4.05. The predicted molar refractivity (Wildman–Crippen MR) is 77.5 cm³/mol. The molecule has 0 radical (unpaired) electrons. The number of hydrogen-bond donors (Lipinski definition) is 1. The fraction of sp³-hybridized carbons (Fsp3) is 0.333. The highest BCUT2D eigenvalue weighted by atomic mass is 127. The number of nitrogens with one attached hydrogen (secondary N) is 1. The van der Waals surface area contributed by atoms with Crippen molar-refractivity contribution in [1.82, 2.24) is 10.2 Å². The Morgan fingerprint density at radius 2 is 2.28 bits per heavy atom. The molecule has 1 amide bonds. The zero-order valence-corrected chi connectivity index (χ0v) is 12.3. The Morgan fingerprint density at radius 3 is 2.94 bits per heavy atom. The second-order valence-electron chi connectivity index (χ2n) is 3.93. The van der Waals surface area contributed by atoms with Crippen LogP contribution in [0.5, 0.6) is 0 Å². The Balaban J connectivity index is 2.13. The number of benzene rings is 1. The molecule has 6 heteroatoms. The molecule has 1 unspecified atom stereocenters. The molecule has 1 atom stereocenters. The van der Waals surface area contributed by atoms with E-state index in [1.165, 1.54) is 16.2 Å². The third-order valence-corrected chi connectivity index (χ3v) is 3.86. The summed E-state index contributed by atoms with van der Waals surface area (Å²) < 4.78 is 5.76. The summed E-state index contributed by atoms with van der Waals surface area (Å²) in [5.74, 6) is 0.548. The molecule has 18 heavy (non-hydrogen) atoms. The molecule has 1 aromatic carbocycles. The van der Waals surface area contributed by atoms with E-state index in [9.17, 15) is 4.79 Å². The van der Waals surface area contributed by atoms with Crippen molar-refractivity contribution >= 4 is 34.6 Å². The van der Waals surface area contributed by atoms with E-state index in [-0.39, 0.29) is 6.04 Å². The molecule has 0 aromatic heterocycles. The van der Waals surface area contributed by atoms with Gasteiger partial charge in [-0.15, -0.1) is 0 Å². The number of aliphatic imine (C=N–C) groups is 1. The number of carbonyl (C=O) groups excluding carboxylic acids is 1. The summed E-state index contributed by atoms with van der Waals surface area (Å²) in [4.78, 5) is 17.5. The first kappa shape index (κ1) is 13.1. The molecule has 1 aromatic rings. The summed E-state index contributed by atoms with van der Waals surface area (Å²) in [7, 11) is 3.25. The zero-order chi connectivity index (χ0) is 13.1. The summed E-state index contributed by atoms with van der Waals surface area (Å²) >= 11 is 2.31. The second kappa shape index (κ2) is 5.55. The van der Waals surface area contributed by atoms with Gasteiger partial charge >= 0.3 is 6.09 Å². The lowest BCUT2D eigenvalue weighted by Gasteiger charge is -2.24. The standard InChI is InChI=1S/C12H14IN3O2/c1-16-10(8-5-3-4-6-9(8)13)7-14-11(16)15-12(17)18-2/h3-6,10H,7H2,1-2H3,(H,14,15,17). The number of halogens is 1. The molecule has 0 bridgehead atoms. The van der Waals surface area contributed by atoms with Gasteiger partial charge in [-0.25, -0.2) is 4.79 Å². The van der Waals surface area contributed by atoms with Gasteiger partial charge in [0, 0.05) is 10.6 Å². The summed E-state index contributed by atoms with van der Waals surface area (Å²) in [5, 5.41) is 2.61. The molecule has 0 fully saturated rings. The highest BCUT2D eigenvalue weighted by Gasteiger charge is 2.28. The maximum atomic E-state index is 11.2. The monoisotopic (exact) mass is 359 g/mol. The van der Waals surface area contributed by atoms with E-state index in [4.69, 9.17) is 0 Å². The van der Waals surface area contributed by atoms with E-state index >= 15 is 0 Å². The first-order chi connectivity index (χ1) is 8.63. The molecule has 2 rings (SSSR count). The van der Waals surface area contributed by atoms with E-state index in [0.29, 0.717) is 12.5 Å². The van der Waals surface area contributed by atoms with Gasteiger partial charge in [0.25, 0.3) is 0 Å². The van der Waals surface area contributed by atoms with E-state index in [0.717, 1.165) is 0 Å². The Hall–Kier alpha value is -1.31. The number of hydrogen-bond acceptors (Lipinski definition) is 4. The van der Waals surface area contributed by atoms with Crippen LogP contribution in [0.4, 0.5) is 4.79 Å². The van der Waals surface area contributed by atoms with Gasteiger partial charge in [-0.1, -0.05) is 18.2 Å². The first-order valence-corrected chi connectivity index (χ1v) is 6.58. The SMILES string of the molecule is COC(=O)NC1=NCC(c2ccccc2I)N1C. The first-order valence-electron chi connectivity index (χ1n) is 5.50. The van der Waals surface area contributed by atoms with Crippen LogP contribution in [0.1, 0.15) is 11.6 Å². The van der Waals surface area contributed by atoms with Gasteiger partial charge in [0.2, 0.25) is 5.96 Å². The number of likely N-dealkylation sites (N-methyl/N-ethyl adjacent to an activating group) is 1. The summed E-state index contributed by atoms with van der Waals surface area (Å²) in [6, 6.07) is 8.33. The van der Waals surface area contributed by atoms with Gasteiger partial charge in [-0.3, -0.25) is 10.3 Å². The van der Waals surface area contributed by atoms with Crippen molar-refractivity contribution in [2.45, 2.75) is 6.04 Å². The van der Waals surface area contributed by atoms with E-state index in [1.54, 1.807) is 0 Å². The molecule has 0 saturated carbocycles. The maximum absolute atomic E-state index is 11.2. The van der Waals surface area contributed by atoms with Crippen LogP contribution in [0, 0.1) is 3.57 Å². The van der Waals surface area contributed by atoms with Crippen LogP contribution in [0.25, 0.3) is 0 Å². The van der Waals surface area contributed by atoms with Crippen LogP contribution in [-0.2, 0) is 4.74 Å². The van der Waals surface area contributed by atoms with Crippen molar-refractivity contribution in [3.63, 3.8) is 0 Å². The third-order valence-electron chi connectivity index (χ3n) is 2.88. The van der Waals surface area contributed by atoms with Gasteiger partial charge in [0.1, 0.15) is 0 Å². The molecule has 1 aliphatic rings. The molecule has 0 saturated heterocycles.